The molecule has 14 heavy (non-hydrogen) atoms. The van der Waals surface area contributed by atoms with Gasteiger partial charge in [0.05, 0.1) is 13.5 Å². The third kappa shape index (κ3) is 2.42. The zero-order chi connectivity index (χ0) is 10.6. The summed E-state index contributed by atoms with van der Waals surface area (Å²) in [6.07, 6.45) is 0.0113. The highest BCUT2D eigenvalue weighted by Crippen LogP contribution is 2.19. The summed E-state index contributed by atoms with van der Waals surface area (Å²) in [4.78, 5) is 10.9. The Kier molecular flexibility index (Phi) is 3.40. The van der Waals surface area contributed by atoms with E-state index in [1.54, 1.807) is 18.2 Å². The molecule has 0 amide bonds. The molecule has 0 aliphatic heterocycles. The third-order valence-corrected chi connectivity index (χ3v) is 1.84. The van der Waals surface area contributed by atoms with Crippen LogP contribution in [-0.4, -0.2) is 13.1 Å². The van der Waals surface area contributed by atoms with Gasteiger partial charge in [-0.15, -0.1) is 0 Å². The number of esters is 1. The summed E-state index contributed by atoms with van der Waals surface area (Å²) in [5.74, 6) is -0.792. The molecule has 1 aromatic carbocycles. The van der Waals surface area contributed by atoms with Crippen LogP contribution >= 0.6 is 0 Å². The SMILES string of the molecule is C=C(CC(=O)OC)c1ccccc1F. The Morgan fingerprint density at radius 1 is 1.50 bits per heavy atom. The van der Waals surface area contributed by atoms with Gasteiger partial charge in [0.2, 0.25) is 0 Å². The van der Waals surface area contributed by atoms with Gasteiger partial charge >= 0.3 is 5.97 Å². The van der Waals surface area contributed by atoms with Crippen LogP contribution in [0.1, 0.15) is 12.0 Å². The molecule has 1 aromatic rings. The lowest BCUT2D eigenvalue weighted by atomic mass is 10.0. The normalized spacial score (nSPS) is 9.57. The highest BCUT2D eigenvalue weighted by atomic mass is 19.1. The van der Waals surface area contributed by atoms with Gasteiger partial charge in [0.15, 0.2) is 0 Å². The fourth-order valence-corrected chi connectivity index (χ4v) is 1.09. The van der Waals surface area contributed by atoms with Gasteiger partial charge in [-0.25, -0.2) is 4.39 Å². The fraction of sp³-hybridized carbons (Fsp3) is 0.182. The van der Waals surface area contributed by atoms with Gasteiger partial charge in [-0.05, 0) is 11.6 Å². The Bertz CT molecular complexity index is 358. The van der Waals surface area contributed by atoms with E-state index in [0.29, 0.717) is 11.1 Å². The van der Waals surface area contributed by atoms with Gasteiger partial charge < -0.3 is 4.74 Å². The van der Waals surface area contributed by atoms with Crippen LogP contribution in [0.3, 0.4) is 0 Å². The number of ether oxygens (including phenoxy) is 1. The summed E-state index contributed by atoms with van der Waals surface area (Å²) in [6, 6.07) is 6.20. The van der Waals surface area contributed by atoms with Gasteiger partial charge in [-0.3, -0.25) is 4.79 Å². The molecular weight excluding hydrogens is 183 g/mol. The molecule has 2 nitrogen and oxygen atoms in total. The second-order valence-electron chi connectivity index (χ2n) is 2.84. The summed E-state index contributed by atoms with van der Waals surface area (Å²) in [5.41, 5.74) is 0.785. The second kappa shape index (κ2) is 4.56. The average Bonchev–Trinajstić information content (AvgIpc) is 2.18. The molecule has 0 unspecified atom stereocenters. The molecule has 0 saturated carbocycles. The molecule has 0 atom stereocenters. The zero-order valence-electron chi connectivity index (χ0n) is 7.92. The predicted molar refractivity (Wildman–Crippen MR) is 52.1 cm³/mol. The van der Waals surface area contributed by atoms with Crippen molar-refractivity contribution in [3.05, 3.63) is 42.2 Å². The summed E-state index contributed by atoms with van der Waals surface area (Å²) >= 11 is 0. The van der Waals surface area contributed by atoms with Crippen LogP contribution in [0, 0.1) is 5.82 Å². The molecule has 0 spiro atoms. The molecule has 0 aromatic heterocycles. The van der Waals surface area contributed by atoms with Crippen LogP contribution in [-0.2, 0) is 9.53 Å². The first-order chi connectivity index (χ1) is 6.65. The number of benzene rings is 1. The van der Waals surface area contributed by atoms with Crippen molar-refractivity contribution in [1.29, 1.82) is 0 Å². The van der Waals surface area contributed by atoms with E-state index in [4.69, 9.17) is 0 Å². The molecule has 0 N–H and O–H groups in total. The van der Waals surface area contributed by atoms with Crippen molar-refractivity contribution in [2.24, 2.45) is 0 Å². The van der Waals surface area contributed by atoms with Gasteiger partial charge in [0, 0.05) is 5.56 Å². The summed E-state index contributed by atoms with van der Waals surface area (Å²) < 4.78 is 17.6. The zero-order valence-corrected chi connectivity index (χ0v) is 7.92. The number of carbonyl (C=O) groups excluding carboxylic acids is 1. The Morgan fingerprint density at radius 3 is 2.71 bits per heavy atom. The van der Waals surface area contributed by atoms with Crippen molar-refractivity contribution >= 4 is 11.5 Å². The number of methoxy groups -OCH3 is 1. The largest absolute Gasteiger partial charge is 0.469 e. The number of rotatable bonds is 3. The lowest BCUT2D eigenvalue weighted by Gasteiger charge is -2.05. The van der Waals surface area contributed by atoms with Crippen LogP contribution < -0.4 is 0 Å². The van der Waals surface area contributed by atoms with Crippen LogP contribution in [0.25, 0.3) is 5.57 Å². The van der Waals surface area contributed by atoms with Crippen LogP contribution in [0.4, 0.5) is 4.39 Å². The van der Waals surface area contributed by atoms with E-state index in [1.807, 2.05) is 0 Å². The topological polar surface area (TPSA) is 26.3 Å². The minimum atomic E-state index is -0.418. The highest BCUT2D eigenvalue weighted by Gasteiger charge is 2.09. The quantitative estimate of drug-likeness (QED) is 0.690. The van der Waals surface area contributed by atoms with Gasteiger partial charge in [-0.2, -0.15) is 0 Å². The second-order valence-corrected chi connectivity index (χ2v) is 2.84. The lowest BCUT2D eigenvalue weighted by Crippen LogP contribution is -2.01. The van der Waals surface area contributed by atoms with Crippen LogP contribution in [0.15, 0.2) is 30.8 Å². The Morgan fingerprint density at radius 2 is 2.14 bits per heavy atom. The number of halogens is 1. The maximum atomic E-state index is 13.2. The number of carbonyl (C=O) groups is 1. The predicted octanol–water partition coefficient (Wildman–Crippen LogP) is 2.40. The first-order valence-corrected chi connectivity index (χ1v) is 4.14. The van der Waals surface area contributed by atoms with Gasteiger partial charge in [-0.1, -0.05) is 24.8 Å². The van der Waals surface area contributed by atoms with Crippen LogP contribution in [0.5, 0.6) is 0 Å². The minimum Gasteiger partial charge on any atom is -0.469 e. The van der Waals surface area contributed by atoms with E-state index in [0.717, 1.165) is 0 Å². The van der Waals surface area contributed by atoms with Gasteiger partial charge in [0.1, 0.15) is 5.82 Å². The summed E-state index contributed by atoms with van der Waals surface area (Å²) in [6.45, 7) is 3.63. The Labute approximate surface area is 82.0 Å². The van der Waals surface area contributed by atoms with E-state index >= 15 is 0 Å². The fourth-order valence-electron chi connectivity index (χ4n) is 1.09. The lowest BCUT2D eigenvalue weighted by molar-refractivity contribution is -0.139. The summed E-state index contributed by atoms with van der Waals surface area (Å²) in [7, 11) is 1.29. The van der Waals surface area contributed by atoms with E-state index in [9.17, 15) is 9.18 Å². The van der Waals surface area contributed by atoms with E-state index < -0.39 is 5.97 Å². The van der Waals surface area contributed by atoms with Crippen LogP contribution in [0.2, 0.25) is 0 Å². The third-order valence-electron chi connectivity index (χ3n) is 1.84. The molecule has 3 heteroatoms. The number of hydrogen-bond acceptors (Lipinski definition) is 2. The van der Waals surface area contributed by atoms with Crippen molar-refractivity contribution in [2.75, 3.05) is 7.11 Å². The van der Waals surface area contributed by atoms with Crippen molar-refractivity contribution in [3.63, 3.8) is 0 Å². The molecule has 74 valence electrons. The molecule has 0 aliphatic rings. The highest BCUT2D eigenvalue weighted by molar-refractivity contribution is 5.84. The molecule has 0 heterocycles. The Balaban J connectivity index is 2.80. The minimum absolute atomic E-state index is 0.0113. The van der Waals surface area contributed by atoms with Crippen molar-refractivity contribution in [1.82, 2.24) is 0 Å². The standard InChI is InChI=1S/C11H11FO2/c1-8(7-11(13)14-2)9-5-3-4-6-10(9)12/h3-6H,1,7H2,2H3. The smallest absolute Gasteiger partial charge is 0.309 e. The van der Waals surface area contributed by atoms with E-state index in [-0.39, 0.29) is 12.2 Å². The summed E-state index contributed by atoms with van der Waals surface area (Å²) in [5, 5.41) is 0. The monoisotopic (exact) mass is 194 g/mol. The van der Waals surface area contributed by atoms with Crippen molar-refractivity contribution in [3.8, 4) is 0 Å². The molecule has 0 saturated heterocycles. The first kappa shape index (κ1) is 10.4. The van der Waals surface area contributed by atoms with E-state index in [2.05, 4.69) is 11.3 Å². The van der Waals surface area contributed by atoms with Crippen molar-refractivity contribution in [2.45, 2.75) is 6.42 Å². The van der Waals surface area contributed by atoms with Gasteiger partial charge in [0.25, 0.3) is 0 Å². The molecule has 0 bridgehead atoms. The maximum Gasteiger partial charge on any atom is 0.309 e. The van der Waals surface area contributed by atoms with Crippen molar-refractivity contribution < 1.29 is 13.9 Å². The molecule has 0 aliphatic carbocycles. The average molecular weight is 194 g/mol. The Hall–Kier alpha value is -1.64. The first-order valence-electron chi connectivity index (χ1n) is 4.14. The molecule has 0 radical (unpaired) electrons. The molecular formula is C11H11FO2. The molecule has 0 fully saturated rings. The molecule has 1 rings (SSSR count). The van der Waals surface area contributed by atoms with E-state index in [1.165, 1.54) is 13.2 Å². The maximum absolute atomic E-state index is 13.2. The number of hydrogen-bond donors (Lipinski definition) is 0.